The number of fused-ring (bicyclic) bond motifs is 1. The van der Waals surface area contributed by atoms with E-state index < -0.39 is 0 Å². The normalized spacial score (nSPS) is 22.8. The number of carbonyl (C=O) groups is 1. The Morgan fingerprint density at radius 2 is 1.76 bits per heavy atom. The number of hydrogen-bond donors (Lipinski definition) is 1. The molecule has 0 bridgehead atoms. The summed E-state index contributed by atoms with van der Waals surface area (Å²) in [6.45, 7) is 10.5. The quantitative estimate of drug-likeness (QED) is 0.700. The monoisotopic (exact) mass is 465 g/mol. The van der Waals surface area contributed by atoms with Gasteiger partial charge in [0.05, 0.1) is 10.6 Å². The Bertz CT molecular complexity index is 1100. The van der Waals surface area contributed by atoms with Gasteiger partial charge in [0.2, 0.25) is 0 Å². The van der Waals surface area contributed by atoms with Gasteiger partial charge in [-0.3, -0.25) is 4.79 Å². The molecular formula is C27H32ClN3O2. The minimum atomic E-state index is -0.274. The Hall–Kier alpha value is -2.55. The minimum absolute atomic E-state index is 0.00293. The molecule has 1 aliphatic carbocycles. The lowest BCUT2D eigenvalue weighted by atomic mass is 9.49. The average molecular weight is 466 g/mol. The lowest BCUT2D eigenvalue weighted by molar-refractivity contribution is -0.195. The van der Waals surface area contributed by atoms with Crippen LogP contribution >= 0.6 is 11.6 Å². The summed E-state index contributed by atoms with van der Waals surface area (Å²) in [6, 6.07) is 13.4. The van der Waals surface area contributed by atoms with Gasteiger partial charge in [0.25, 0.3) is 5.91 Å². The van der Waals surface area contributed by atoms with E-state index in [-0.39, 0.29) is 28.9 Å². The van der Waals surface area contributed by atoms with Gasteiger partial charge in [-0.15, -0.1) is 0 Å². The summed E-state index contributed by atoms with van der Waals surface area (Å²) < 4.78 is 6.38. The zero-order chi connectivity index (χ0) is 24.0. The Balaban J connectivity index is 1.54. The van der Waals surface area contributed by atoms with Crippen LogP contribution in [0.1, 0.15) is 54.7 Å². The smallest absolute Gasteiger partial charge is 0.253 e. The fraction of sp³-hybridized carbons (Fsp3) is 0.481. The second-order valence-corrected chi connectivity index (χ2v) is 10.9. The second kappa shape index (κ2) is 8.66. The predicted octanol–water partition coefficient (Wildman–Crippen LogP) is 4.85. The number of hydrogen-bond acceptors (Lipinski definition) is 4. The number of ether oxygens (including phenoxy) is 1. The predicted molar refractivity (Wildman–Crippen MR) is 131 cm³/mol. The maximum atomic E-state index is 13.5. The van der Waals surface area contributed by atoms with Gasteiger partial charge in [-0.05, 0) is 61.3 Å². The van der Waals surface area contributed by atoms with E-state index >= 15 is 0 Å². The molecular weight excluding hydrogens is 434 g/mol. The summed E-state index contributed by atoms with van der Waals surface area (Å²) in [5.41, 5.74) is 3.22. The van der Waals surface area contributed by atoms with Crippen molar-refractivity contribution in [3.63, 3.8) is 0 Å². The number of carbonyl (C=O) groups excluding carboxylic acids is 1. The van der Waals surface area contributed by atoms with E-state index in [0.717, 1.165) is 31.5 Å². The first-order valence-corrected chi connectivity index (χ1v) is 11.9. The van der Waals surface area contributed by atoms with Gasteiger partial charge < -0.3 is 15.0 Å². The van der Waals surface area contributed by atoms with Gasteiger partial charge in [0.1, 0.15) is 17.9 Å². The van der Waals surface area contributed by atoms with Crippen LogP contribution in [0.5, 0.6) is 5.75 Å². The van der Waals surface area contributed by atoms with Crippen molar-refractivity contribution < 1.29 is 9.53 Å². The fourth-order valence-corrected chi connectivity index (χ4v) is 6.55. The van der Waals surface area contributed by atoms with Crippen molar-refractivity contribution in [2.24, 2.45) is 10.8 Å². The number of nitrogens with zero attached hydrogens (tertiary/aromatic N) is 2. The van der Waals surface area contributed by atoms with Crippen molar-refractivity contribution in [1.82, 2.24) is 10.2 Å². The topological polar surface area (TPSA) is 65.4 Å². The van der Waals surface area contributed by atoms with E-state index in [0.29, 0.717) is 16.3 Å². The van der Waals surface area contributed by atoms with Gasteiger partial charge in [0, 0.05) is 35.5 Å². The van der Waals surface area contributed by atoms with Crippen molar-refractivity contribution in [3.8, 4) is 11.8 Å². The van der Waals surface area contributed by atoms with Crippen molar-refractivity contribution in [3.05, 3.63) is 63.7 Å². The molecule has 1 heterocycles. The van der Waals surface area contributed by atoms with E-state index in [1.165, 1.54) is 11.1 Å². The summed E-state index contributed by atoms with van der Waals surface area (Å²) >= 11 is 6.21. The Kier molecular flexibility index (Phi) is 6.20. The maximum Gasteiger partial charge on any atom is 0.253 e. The van der Waals surface area contributed by atoms with E-state index in [9.17, 15) is 4.79 Å². The van der Waals surface area contributed by atoms with Crippen molar-refractivity contribution in [2.45, 2.75) is 52.7 Å². The molecule has 0 atom stereocenters. The molecule has 2 aromatic carbocycles. The molecule has 0 radical (unpaired) electrons. The first-order valence-electron chi connectivity index (χ1n) is 11.5. The summed E-state index contributed by atoms with van der Waals surface area (Å²) in [5.74, 6) is 0.679. The summed E-state index contributed by atoms with van der Waals surface area (Å²) in [6.07, 6.45) is 1.83. The van der Waals surface area contributed by atoms with Crippen LogP contribution in [0.25, 0.3) is 0 Å². The van der Waals surface area contributed by atoms with E-state index in [4.69, 9.17) is 21.6 Å². The van der Waals surface area contributed by atoms with Crippen molar-refractivity contribution in [2.75, 3.05) is 20.1 Å². The minimum Gasteiger partial charge on any atom is -0.489 e. The molecule has 4 rings (SSSR count). The lowest BCUT2D eigenvalue weighted by Gasteiger charge is -2.65. The van der Waals surface area contributed by atoms with Gasteiger partial charge >= 0.3 is 0 Å². The largest absolute Gasteiger partial charge is 0.489 e. The third kappa shape index (κ3) is 4.11. The molecule has 0 spiro atoms. The fourth-order valence-electron chi connectivity index (χ4n) is 6.33. The van der Waals surface area contributed by atoms with Crippen LogP contribution in [-0.2, 0) is 12.8 Å². The standard InChI is InChI=1S/C27H32ClN3O2/c1-26(2)24(27(3,4)25(26)33-21-9-8-20(16-29)22(28)15-21)31(5)23(32)19-7-6-17-10-12-30-13-11-18(17)14-19/h6-9,14-15,24-25,30H,10-13H2,1-5H3/t24-,25-. The molecule has 0 aromatic heterocycles. The highest BCUT2D eigenvalue weighted by atomic mass is 35.5. The van der Waals surface area contributed by atoms with Gasteiger partial charge in [-0.2, -0.15) is 5.26 Å². The highest BCUT2D eigenvalue weighted by molar-refractivity contribution is 6.31. The average Bonchev–Trinajstić information content (AvgIpc) is 3.01. The number of rotatable bonds is 4. The van der Waals surface area contributed by atoms with E-state index in [1.54, 1.807) is 18.2 Å². The molecule has 174 valence electrons. The van der Waals surface area contributed by atoms with Crippen LogP contribution in [0.3, 0.4) is 0 Å². The Labute approximate surface area is 201 Å². The van der Waals surface area contributed by atoms with Crippen LogP contribution in [0.2, 0.25) is 5.02 Å². The van der Waals surface area contributed by atoms with E-state index in [1.807, 2.05) is 18.0 Å². The number of amides is 1. The Morgan fingerprint density at radius 3 is 2.39 bits per heavy atom. The highest BCUT2D eigenvalue weighted by Gasteiger charge is 2.65. The molecule has 2 aliphatic rings. The maximum absolute atomic E-state index is 13.5. The van der Waals surface area contributed by atoms with Gasteiger partial charge in [-0.25, -0.2) is 0 Å². The molecule has 1 amide bonds. The molecule has 1 saturated carbocycles. The van der Waals surface area contributed by atoms with Crippen LogP contribution in [0.4, 0.5) is 0 Å². The second-order valence-electron chi connectivity index (χ2n) is 10.4. The summed E-state index contributed by atoms with van der Waals surface area (Å²) in [4.78, 5) is 15.4. The zero-order valence-electron chi connectivity index (χ0n) is 20.0. The van der Waals surface area contributed by atoms with Crippen molar-refractivity contribution >= 4 is 17.5 Å². The molecule has 6 heteroatoms. The first-order chi connectivity index (χ1) is 15.6. The number of halogens is 1. The number of nitrogens with one attached hydrogen (secondary N) is 1. The van der Waals surface area contributed by atoms with Crippen LogP contribution in [0, 0.1) is 22.2 Å². The summed E-state index contributed by atoms with van der Waals surface area (Å²) in [7, 11) is 1.90. The zero-order valence-corrected chi connectivity index (χ0v) is 20.8. The van der Waals surface area contributed by atoms with Gasteiger partial charge in [0.15, 0.2) is 0 Å². The third-order valence-corrected chi connectivity index (χ3v) is 7.69. The Morgan fingerprint density at radius 1 is 1.09 bits per heavy atom. The van der Waals surface area contributed by atoms with Crippen molar-refractivity contribution in [1.29, 1.82) is 5.26 Å². The molecule has 5 nitrogen and oxygen atoms in total. The molecule has 33 heavy (non-hydrogen) atoms. The highest BCUT2D eigenvalue weighted by Crippen LogP contribution is 2.57. The van der Waals surface area contributed by atoms with Crippen LogP contribution in [0.15, 0.2) is 36.4 Å². The molecule has 2 aromatic rings. The molecule has 0 saturated heterocycles. The molecule has 1 N–H and O–H groups in total. The molecule has 1 fully saturated rings. The van der Waals surface area contributed by atoms with E-state index in [2.05, 4.69) is 51.2 Å². The molecule has 1 aliphatic heterocycles. The SMILES string of the molecule is CN(C(=O)c1ccc2c(c1)CCNCC2)[C@H]1C(C)(C)[C@H](Oc2ccc(C#N)c(Cl)c2)C1(C)C. The number of nitriles is 1. The third-order valence-electron chi connectivity index (χ3n) is 7.38. The summed E-state index contributed by atoms with van der Waals surface area (Å²) in [5, 5.41) is 12.9. The van der Waals surface area contributed by atoms with Crippen LogP contribution < -0.4 is 10.1 Å². The van der Waals surface area contributed by atoms with Crippen LogP contribution in [-0.4, -0.2) is 43.1 Å². The lowest BCUT2D eigenvalue weighted by Crippen LogP contribution is -2.74. The van der Waals surface area contributed by atoms with Gasteiger partial charge in [-0.1, -0.05) is 45.4 Å². The molecule has 0 unspecified atom stereocenters. The first kappa shape index (κ1) is 23.6. The number of benzene rings is 2.